The number of hydrogen-bond acceptors (Lipinski definition) is 3. The molecule has 5 heteroatoms. The van der Waals surface area contributed by atoms with Gasteiger partial charge in [-0.2, -0.15) is 11.3 Å². The second-order valence-corrected chi connectivity index (χ2v) is 5.66. The van der Waals surface area contributed by atoms with E-state index in [1.165, 1.54) is 17.7 Å². The Morgan fingerprint density at radius 1 is 1.37 bits per heavy atom. The second kappa shape index (κ2) is 7.01. The van der Waals surface area contributed by atoms with E-state index in [9.17, 15) is 4.39 Å². The SMILES string of the molecule is NNC(CCc1ccsc1)Cc1ccc(F)cc1Cl. The molecule has 0 aliphatic rings. The summed E-state index contributed by atoms with van der Waals surface area (Å²) in [7, 11) is 0. The van der Waals surface area contributed by atoms with E-state index in [4.69, 9.17) is 17.4 Å². The predicted molar refractivity (Wildman–Crippen MR) is 78.9 cm³/mol. The fraction of sp³-hybridized carbons (Fsp3) is 0.286. The van der Waals surface area contributed by atoms with Crippen molar-refractivity contribution < 1.29 is 4.39 Å². The van der Waals surface area contributed by atoms with Crippen molar-refractivity contribution in [2.75, 3.05) is 0 Å². The van der Waals surface area contributed by atoms with Gasteiger partial charge in [-0.05, 0) is 59.3 Å². The summed E-state index contributed by atoms with van der Waals surface area (Å²) >= 11 is 7.72. The van der Waals surface area contributed by atoms with E-state index in [1.54, 1.807) is 17.4 Å². The maximum absolute atomic E-state index is 13.0. The molecule has 0 amide bonds. The molecule has 0 saturated carbocycles. The minimum Gasteiger partial charge on any atom is -0.271 e. The number of aryl methyl sites for hydroxylation is 1. The number of rotatable bonds is 6. The lowest BCUT2D eigenvalue weighted by molar-refractivity contribution is 0.491. The highest BCUT2D eigenvalue weighted by Crippen LogP contribution is 2.20. The van der Waals surface area contributed by atoms with Crippen molar-refractivity contribution in [1.82, 2.24) is 5.43 Å². The molecule has 2 aromatic rings. The molecule has 19 heavy (non-hydrogen) atoms. The highest BCUT2D eigenvalue weighted by molar-refractivity contribution is 7.07. The van der Waals surface area contributed by atoms with Crippen LogP contribution in [0.2, 0.25) is 5.02 Å². The number of halogens is 2. The van der Waals surface area contributed by atoms with Crippen LogP contribution in [0.3, 0.4) is 0 Å². The Balaban J connectivity index is 1.94. The van der Waals surface area contributed by atoms with Gasteiger partial charge in [-0.3, -0.25) is 11.3 Å². The molecule has 0 saturated heterocycles. The first kappa shape index (κ1) is 14.5. The lowest BCUT2D eigenvalue weighted by Crippen LogP contribution is -2.37. The van der Waals surface area contributed by atoms with E-state index < -0.39 is 0 Å². The Morgan fingerprint density at radius 2 is 2.21 bits per heavy atom. The van der Waals surface area contributed by atoms with Gasteiger partial charge in [-0.15, -0.1) is 0 Å². The zero-order chi connectivity index (χ0) is 13.7. The minimum atomic E-state index is -0.315. The van der Waals surface area contributed by atoms with E-state index in [2.05, 4.69) is 22.3 Å². The van der Waals surface area contributed by atoms with Crippen LogP contribution in [0.4, 0.5) is 4.39 Å². The average Bonchev–Trinajstić information content (AvgIpc) is 2.90. The summed E-state index contributed by atoms with van der Waals surface area (Å²) in [6.07, 6.45) is 2.58. The molecule has 1 aromatic carbocycles. The summed E-state index contributed by atoms with van der Waals surface area (Å²) in [6, 6.07) is 6.72. The maximum Gasteiger partial charge on any atom is 0.124 e. The van der Waals surface area contributed by atoms with Crippen molar-refractivity contribution in [2.45, 2.75) is 25.3 Å². The minimum absolute atomic E-state index is 0.128. The number of nitrogens with one attached hydrogen (secondary N) is 1. The van der Waals surface area contributed by atoms with Gasteiger partial charge < -0.3 is 0 Å². The molecule has 0 bridgehead atoms. The average molecular weight is 299 g/mol. The van der Waals surface area contributed by atoms with E-state index in [-0.39, 0.29) is 11.9 Å². The van der Waals surface area contributed by atoms with Crippen molar-refractivity contribution >= 4 is 22.9 Å². The first-order valence-corrected chi connectivity index (χ1v) is 7.42. The highest BCUT2D eigenvalue weighted by Gasteiger charge is 2.11. The van der Waals surface area contributed by atoms with Gasteiger partial charge in [0.2, 0.25) is 0 Å². The molecular weight excluding hydrogens is 283 g/mol. The van der Waals surface area contributed by atoms with Crippen LogP contribution in [0.25, 0.3) is 0 Å². The van der Waals surface area contributed by atoms with Crippen LogP contribution in [0, 0.1) is 5.82 Å². The van der Waals surface area contributed by atoms with Crippen molar-refractivity contribution in [3.8, 4) is 0 Å². The van der Waals surface area contributed by atoms with E-state index in [0.29, 0.717) is 11.4 Å². The van der Waals surface area contributed by atoms with Gasteiger partial charge in [0, 0.05) is 11.1 Å². The molecule has 0 aliphatic heterocycles. The molecule has 0 aliphatic carbocycles. The van der Waals surface area contributed by atoms with Crippen LogP contribution in [0.15, 0.2) is 35.0 Å². The maximum atomic E-state index is 13.0. The molecule has 102 valence electrons. The normalized spacial score (nSPS) is 12.6. The summed E-state index contributed by atoms with van der Waals surface area (Å²) in [5.74, 6) is 5.26. The Bertz CT molecular complexity index is 516. The van der Waals surface area contributed by atoms with Crippen molar-refractivity contribution in [3.63, 3.8) is 0 Å². The lowest BCUT2D eigenvalue weighted by atomic mass is 10.0. The topological polar surface area (TPSA) is 38.0 Å². The van der Waals surface area contributed by atoms with Crippen LogP contribution >= 0.6 is 22.9 Å². The second-order valence-electron chi connectivity index (χ2n) is 4.47. The molecule has 2 nitrogen and oxygen atoms in total. The summed E-state index contributed by atoms with van der Waals surface area (Å²) in [4.78, 5) is 0. The van der Waals surface area contributed by atoms with Crippen LogP contribution in [-0.4, -0.2) is 6.04 Å². The highest BCUT2D eigenvalue weighted by atomic mass is 35.5. The van der Waals surface area contributed by atoms with Gasteiger partial charge in [0.1, 0.15) is 5.82 Å². The van der Waals surface area contributed by atoms with Gasteiger partial charge in [-0.1, -0.05) is 17.7 Å². The van der Waals surface area contributed by atoms with Crippen LogP contribution in [-0.2, 0) is 12.8 Å². The summed E-state index contributed by atoms with van der Waals surface area (Å²) in [6.45, 7) is 0. The fourth-order valence-electron chi connectivity index (χ4n) is 1.97. The number of hydrogen-bond donors (Lipinski definition) is 2. The molecule has 0 fully saturated rings. The van der Waals surface area contributed by atoms with Crippen LogP contribution in [0.1, 0.15) is 17.5 Å². The molecule has 1 unspecified atom stereocenters. The summed E-state index contributed by atoms with van der Waals surface area (Å²) < 4.78 is 13.0. The molecule has 1 atom stereocenters. The third-order valence-electron chi connectivity index (χ3n) is 3.08. The quantitative estimate of drug-likeness (QED) is 0.632. The first-order chi connectivity index (χ1) is 9.19. The fourth-order valence-corrected chi connectivity index (χ4v) is 2.92. The van der Waals surface area contributed by atoms with Crippen molar-refractivity contribution in [2.24, 2.45) is 5.84 Å². The zero-order valence-corrected chi connectivity index (χ0v) is 12.0. The van der Waals surface area contributed by atoms with Crippen molar-refractivity contribution in [3.05, 3.63) is 57.0 Å². The molecule has 0 radical (unpaired) electrons. The Morgan fingerprint density at radius 3 is 2.84 bits per heavy atom. The number of thiophene rings is 1. The largest absolute Gasteiger partial charge is 0.271 e. The molecule has 3 N–H and O–H groups in total. The standard InChI is InChI=1S/C14H16ClFN2S/c15-14-8-12(16)3-2-11(14)7-13(18-17)4-1-10-5-6-19-9-10/h2-3,5-6,8-9,13,18H,1,4,7,17H2. The van der Waals surface area contributed by atoms with Gasteiger partial charge in [-0.25, -0.2) is 4.39 Å². The predicted octanol–water partition coefficient (Wildman–Crippen LogP) is 3.55. The van der Waals surface area contributed by atoms with Gasteiger partial charge in [0.15, 0.2) is 0 Å². The Hall–Kier alpha value is -0.940. The summed E-state index contributed by atoms with van der Waals surface area (Å²) in [5.41, 5.74) is 5.03. The number of hydrazine groups is 1. The van der Waals surface area contributed by atoms with Gasteiger partial charge >= 0.3 is 0 Å². The molecule has 1 heterocycles. The molecule has 2 rings (SSSR count). The monoisotopic (exact) mass is 298 g/mol. The third-order valence-corrected chi connectivity index (χ3v) is 4.16. The first-order valence-electron chi connectivity index (χ1n) is 6.10. The molecule has 1 aromatic heterocycles. The van der Waals surface area contributed by atoms with Gasteiger partial charge in [0.25, 0.3) is 0 Å². The van der Waals surface area contributed by atoms with Crippen molar-refractivity contribution in [1.29, 1.82) is 0 Å². The Kier molecular flexibility index (Phi) is 5.34. The summed E-state index contributed by atoms with van der Waals surface area (Å²) in [5, 5.41) is 4.66. The number of nitrogens with two attached hydrogens (primary N) is 1. The lowest BCUT2D eigenvalue weighted by Gasteiger charge is -2.16. The van der Waals surface area contributed by atoms with E-state index in [0.717, 1.165) is 18.4 Å². The molecular formula is C14H16ClFN2S. The van der Waals surface area contributed by atoms with Crippen LogP contribution in [0.5, 0.6) is 0 Å². The number of benzene rings is 1. The van der Waals surface area contributed by atoms with E-state index >= 15 is 0 Å². The Labute approximate surface area is 121 Å². The van der Waals surface area contributed by atoms with Crippen LogP contribution < -0.4 is 11.3 Å². The third kappa shape index (κ3) is 4.28. The molecule has 0 spiro atoms. The zero-order valence-electron chi connectivity index (χ0n) is 10.4. The smallest absolute Gasteiger partial charge is 0.124 e. The van der Waals surface area contributed by atoms with E-state index in [1.807, 2.05) is 0 Å². The van der Waals surface area contributed by atoms with Gasteiger partial charge in [0.05, 0.1) is 0 Å².